The van der Waals surface area contributed by atoms with E-state index < -0.39 is 0 Å². The van der Waals surface area contributed by atoms with Crippen LogP contribution in [-0.4, -0.2) is 64.5 Å². The number of nitrogens with zero attached hydrogens (tertiary/aromatic N) is 3. The van der Waals surface area contributed by atoms with Gasteiger partial charge in [0.15, 0.2) is 5.69 Å². The van der Waals surface area contributed by atoms with Crippen LogP contribution in [0.5, 0.6) is 0 Å². The third-order valence-corrected chi connectivity index (χ3v) is 6.00. The van der Waals surface area contributed by atoms with E-state index >= 15 is 0 Å². The number of rotatable bonds is 6. The predicted octanol–water partition coefficient (Wildman–Crippen LogP) is 2.44. The number of likely N-dealkylation sites (tertiary alicyclic amines) is 1. The van der Waals surface area contributed by atoms with E-state index in [2.05, 4.69) is 15.4 Å². The Balaban J connectivity index is 1.73. The van der Waals surface area contributed by atoms with Crippen LogP contribution in [0.3, 0.4) is 0 Å². The van der Waals surface area contributed by atoms with Gasteiger partial charge < -0.3 is 14.7 Å². The lowest BCUT2D eigenvalue weighted by molar-refractivity contribution is -0.136. The van der Waals surface area contributed by atoms with E-state index in [-0.39, 0.29) is 29.6 Å². The molecule has 0 bridgehead atoms. The number of aromatic nitrogens is 1. The van der Waals surface area contributed by atoms with Crippen molar-refractivity contribution >= 4 is 11.8 Å². The highest BCUT2D eigenvalue weighted by molar-refractivity contribution is 5.92. The lowest BCUT2D eigenvalue weighted by Crippen LogP contribution is -2.49. The number of amides is 2. The summed E-state index contributed by atoms with van der Waals surface area (Å²) in [6.07, 6.45) is 9.37. The van der Waals surface area contributed by atoms with E-state index in [9.17, 15) is 9.59 Å². The molecule has 3 rings (SSSR count). The molecule has 0 aromatic carbocycles. The number of likely N-dealkylation sites (N-methyl/N-ethyl adjacent to an activating group) is 1. The van der Waals surface area contributed by atoms with Gasteiger partial charge in [0.2, 0.25) is 5.91 Å². The lowest BCUT2D eigenvalue weighted by Gasteiger charge is -2.34. The highest BCUT2D eigenvalue weighted by Gasteiger charge is 2.42. The monoisotopic (exact) mass is 376 g/mol. The average Bonchev–Trinajstić information content (AvgIpc) is 3.27. The minimum Gasteiger partial charge on any atom is -0.364 e. The topological polar surface area (TPSA) is 78.7 Å². The first-order chi connectivity index (χ1) is 13.1. The lowest BCUT2D eigenvalue weighted by atomic mass is 10.1. The maximum Gasteiger partial charge on any atom is 0.273 e. The van der Waals surface area contributed by atoms with Crippen molar-refractivity contribution in [1.29, 1.82) is 0 Å². The third kappa shape index (κ3) is 4.69. The Morgan fingerprint density at radius 3 is 2.52 bits per heavy atom. The molecular formula is C20H32N4O3. The third-order valence-electron chi connectivity index (χ3n) is 6.00. The van der Waals surface area contributed by atoms with E-state index in [4.69, 9.17) is 4.52 Å². The summed E-state index contributed by atoms with van der Waals surface area (Å²) in [5, 5.41) is 6.76. The van der Waals surface area contributed by atoms with Gasteiger partial charge in [-0.25, -0.2) is 0 Å². The fraction of sp³-hybridized carbons (Fsp3) is 0.750. The predicted molar refractivity (Wildman–Crippen MR) is 102 cm³/mol. The number of carbonyl (C=O) groups excluding carboxylic acids is 2. The van der Waals surface area contributed by atoms with Gasteiger partial charge in [-0.3, -0.25) is 14.5 Å². The van der Waals surface area contributed by atoms with Crippen molar-refractivity contribution < 1.29 is 14.1 Å². The average molecular weight is 377 g/mol. The van der Waals surface area contributed by atoms with Crippen LogP contribution < -0.4 is 5.32 Å². The summed E-state index contributed by atoms with van der Waals surface area (Å²) < 4.78 is 4.77. The molecule has 1 aromatic heterocycles. The van der Waals surface area contributed by atoms with Gasteiger partial charge in [-0.1, -0.05) is 30.8 Å². The Labute approximate surface area is 161 Å². The van der Waals surface area contributed by atoms with Crippen molar-refractivity contribution in [2.45, 2.75) is 76.9 Å². The van der Waals surface area contributed by atoms with Crippen LogP contribution in [-0.2, 0) is 4.79 Å². The molecule has 0 unspecified atom stereocenters. The minimum atomic E-state index is -0.231. The highest BCUT2D eigenvalue weighted by atomic mass is 16.5. The fourth-order valence-corrected chi connectivity index (χ4v) is 4.54. The number of hydrogen-bond acceptors (Lipinski definition) is 5. The molecule has 2 heterocycles. The van der Waals surface area contributed by atoms with Crippen LogP contribution in [0.25, 0.3) is 0 Å². The Kier molecular flexibility index (Phi) is 6.88. The molecule has 1 aliphatic heterocycles. The molecule has 1 aliphatic carbocycles. The molecule has 0 spiro atoms. The molecule has 1 saturated heterocycles. The summed E-state index contributed by atoms with van der Waals surface area (Å²) in [6, 6.07) is 1.81. The van der Waals surface area contributed by atoms with Gasteiger partial charge in [-0.05, 0) is 33.1 Å². The first kappa shape index (κ1) is 19.9. The molecule has 2 atom stereocenters. The van der Waals surface area contributed by atoms with Gasteiger partial charge in [0.25, 0.3) is 5.91 Å². The zero-order valence-corrected chi connectivity index (χ0v) is 16.5. The van der Waals surface area contributed by atoms with E-state index in [0.29, 0.717) is 12.5 Å². The molecule has 7 nitrogen and oxygen atoms in total. The largest absolute Gasteiger partial charge is 0.364 e. The van der Waals surface area contributed by atoms with Crippen LogP contribution >= 0.6 is 0 Å². The second kappa shape index (κ2) is 9.35. The molecule has 0 radical (unpaired) electrons. The second-order valence-corrected chi connectivity index (χ2v) is 7.66. The van der Waals surface area contributed by atoms with Gasteiger partial charge in [-0.15, -0.1) is 0 Å². The van der Waals surface area contributed by atoms with E-state index in [0.717, 1.165) is 32.5 Å². The van der Waals surface area contributed by atoms with Crippen LogP contribution in [0.15, 0.2) is 16.9 Å². The summed E-state index contributed by atoms with van der Waals surface area (Å²) in [6.45, 7) is 6.22. The maximum absolute atomic E-state index is 13.2. The standard InChI is InChI=1S/C20H32N4O3/c1-3-23(4-2)20(26)18-13-15(21-19(25)17-11-12-27-22-17)14-24(18)16-9-7-5-6-8-10-16/h11-12,15-16,18H,3-10,13-14H2,1-2H3,(H,21,25)/t15-,18+/m1/s1. The SMILES string of the molecule is CCN(CC)C(=O)[C@@H]1C[C@@H](NC(=O)c2ccon2)CN1C1CCCCCC1. The number of carbonyl (C=O) groups is 2. The molecule has 2 fully saturated rings. The van der Waals surface area contributed by atoms with Crippen LogP contribution in [0.1, 0.15) is 69.3 Å². The van der Waals surface area contributed by atoms with Crippen molar-refractivity contribution in [3.63, 3.8) is 0 Å². The van der Waals surface area contributed by atoms with Crippen LogP contribution in [0.2, 0.25) is 0 Å². The molecule has 150 valence electrons. The van der Waals surface area contributed by atoms with Crippen LogP contribution in [0, 0.1) is 0 Å². The first-order valence-corrected chi connectivity index (χ1v) is 10.4. The zero-order valence-electron chi connectivity index (χ0n) is 16.5. The molecule has 7 heteroatoms. The maximum atomic E-state index is 13.2. The van der Waals surface area contributed by atoms with Crippen molar-refractivity contribution in [3.05, 3.63) is 18.0 Å². The van der Waals surface area contributed by atoms with Crippen LogP contribution in [0.4, 0.5) is 0 Å². The van der Waals surface area contributed by atoms with Gasteiger partial charge in [-0.2, -0.15) is 0 Å². The smallest absolute Gasteiger partial charge is 0.273 e. The van der Waals surface area contributed by atoms with E-state index in [1.165, 1.54) is 31.9 Å². The Morgan fingerprint density at radius 1 is 1.22 bits per heavy atom. The van der Waals surface area contributed by atoms with Crippen molar-refractivity contribution in [2.24, 2.45) is 0 Å². The summed E-state index contributed by atoms with van der Waals surface area (Å²) >= 11 is 0. The minimum absolute atomic E-state index is 0.0398. The number of hydrogen-bond donors (Lipinski definition) is 1. The Bertz CT molecular complexity index is 607. The summed E-state index contributed by atoms with van der Waals surface area (Å²) in [5.41, 5.74) is 0.287. The highest BCUT2D eigenvalue weighted by Crippen LogP contribution is 2.30. The van der Waals surface area contributed by atoms with Gasteiger partial charge >= 0.3 is 0 Å². The van der Waals surface area contributed by atoms with E-state index in [1.807, 2.05) is 18.7 Å². The summed E-state index contributed by atoms with van der Waals surface area (Å²) in [4.78, 5) is 29.8. The van der Waals surface area contributed by atoms with Crippen molar-refractivity contribution in [1.82, 2.24) is 20.3 Å². The second-order valence-electron chi connectivity index (χ2n) is 7.66. The van der Waals surface area contributed by atoms with Gasteiger partial charge in [0, 0.05) is 37.8 Å². The normalized spacial score (nSPS) is 24.5. The molecule has 27 heavy (non-hydrogen) atoms. The Morgan fingerprint density at radius 2 is 1.93 bits per heavy atom. The molecule has 1 aromatic rings. The molecule has 1 N–H and O–H groups in total. The fourth-order valence-electron chi connectivity index (χ4n) is 4.54. The molecule has 2 amide bonds. The van der Waals surface area contributed by atoms with E-state index in [1.54, 1.807) is 6.07 Å². The molecule has 2 aliphatic rings. The summed E-state index contributed by atoms with van der Waals surface area (Å²) in [7, 11) is 0. The Hall–Kier alpha value is -1.89. The van der Waals surface area contributed by atoms with Crippen molar-refractivity contribution in [2.75, 3.05) is 19.6 Å². The molecule has 1 saturated carbocycles. The van der Waals surface area contributed by atoms with Gasteiger partial charge in [0.1, 0.15) is 6.26 Å². The summed E-state index contributed by atoms with van der Waals surface area (Å²) in [5.74, 6) is -0.0343. The first-order valence-electron chi connectivity index (χ1n) is 10.4. The quantitative estimate of drug-likeness (QED) is 0.772. The zero-order chi connectivity index (χ0) is 19.2. The van der Waals surface area contributed by atoms with Gasteiger partial charge in [0.05, 0.1) is 6.04 Å². The molecular weight excluding hydrogens is 344 g/mol. The van der Waals surface area contributed by atoms with Crippen molar-refractivity contribution in [3.8, 4) is 0 Å². The number of nitrogens with one attached hydrogen (secondary N) is 1.